The molecule has 20 heavy (non-hydrogen) atoms. The number of hydrogen-bond donors (Lipinski definition) is 2. The van der Waals surface area contributed by atoms with Crippen LogP contribution >= 0.6 is 11.6 Å². The summed E-state index contributed by atoms with van der Waals surface area (Å²) in [7, 11) is 0. The lowest BCUT2D eigenvalue weighted by Gasteiger charge is -2.18. The topological polar surface area (TPSA) is 62.2 Å². The van der Waals surface area contributed by atoms with Gasteiger partial charge in [0.2, 0.25) is 0 Å². The molecule has 0 aliphatic heterocycles. The number of nitrogens with zero attached hydrogens (tertiary/aromatic N) is 1. The molecule has 0 unspecified atom stereocenters. The summed E-state index contributed by atoms with van der Waals surface area (Å²) in [4.78, 5) is 16.0. The first-order chi connectivity index (χ1) is 9.65. The Hall–Kier alpha value is -1.91. The van der Waals surface area contributed by atoms with Gasteiger partial charge < -0.3 is 10.4 Å². The van der Waals surface area contributed by atoms with Crippen LogP contribution < -0.4 is 5.32 Å². The number of aliphatic hydroxyl groups is 1. The number of fused-ring (bicyclic) bond motifs is 1. The third-order valence-electron chi connectivity index (χ3n) is 3.48. The van der Waals surface area contributed by atoms with Crippen molar-refractivity contribution >= 4 is 17.5 Å². The Bertz CT molecular complexity index is 660. The van der Waals surface area contributed by atoms with E-state index in [1.807, 2.05) is 24.3 Å². The maximum atomic E-state index is 12.2. The SMILES string of the molecule is O=C(N[C@@H]1c2ccccc2C[C@@H]1O)c1ccnc(Cl)c1. The van der Waals surface area contributed by atoms with Gasteiger partial charge in [0, 0.05) is 18.2 Å². The number of rotatable bonds is 2. The number of pyridine rings is 1. The molecule has 1 aliphatic rings. The van der Waals surface area contributed by atoms with Gasteiger partial charge in [-0.15, -0.1) is 0 Å². The molecule has 4 nitrogen and oxygen atoms in total. The summed E-state index contributed by atoms with van der Waals surface area (Å²) >= 11 is 5.77. The lowest BCUT2D eigenvalue weighted by Crippen LogP contribution is -2.33. The van der Waals surface area contributed by atoms with E-state index in [4.69, 9.17) is 11.6 Å². The number of carbonyl (C=O) groups is 1. The van der Waals surface area contributed by atoms with Crippen molar-refractivity contribution in [1.82, 2.24) is 10.3 Å². The van der Waals surface area contributed by atoms with Gasteiger partial charge in [-0.3, -0.25) is 4.79 Å². The molecule has 1 amide bonds. The second-order valence-electron chi connectivity index (χ2n) is 4.79. The van der Waals surface area contributed by atoms with Crippen LogP contribution in [-0.2, 0) is 6.42 Å². The largest absolute Gasteiger partial charge is 0.390 e. The van der Waals surface area contributed by atoms with Crippen LogP contribution in [0.2, 0.25) is 5.15 Å². The number of aromatic nitrogens is 1. The van der Waals surface area contributed by atoms with Crippen LogP contribution in [0, 0.1) is 0 Å². The quantitative estimate of drug-likeness (QED) is 0.832. The minimum absolute atomic E-state index is 0.268. The van der Waals surface area contributed by atoms with Gasteiger partial charge in [-0.2, -0.15) is 0 Å². The van der Waals surface area contributed by atoms with Crippen molar-refractivity contribution in [2.24, 2.45) is 0 Å². The summed E-state index contributed by atoms with van der Waals surface area (Å²) in [6, 6.07) is 10.4. The lowest BCUT2D eigenvalue weighted by atomic mass is 10.1. The van der Waals surface area contributed by atoms with Gasteiger partial charge in [0.15, 0.2) is 0 Å². The summed E-state index contributed by atoms with van der Waals surface area (Å²) in [5, 5.41) is 13.2. The second-order valence-corrected chi connectivity index (χ2v) is 5.18. The van der Waals surface area contributed by atoms with Gasteiger partial charge in [0.05, 0.1) is 12.1 Å². The molecule has 0 fully saturated rings. The molecule has 2 N–H and O–H groups in total. The molecule has 1 heterocycles. The van der Waals surface area contributed by atoms with E-state index >= 15 is 0 Å². The van der Waals surface area contributed by atoms with Crippen molar-refractivity contribution in [3.8, 4) is 0 Å². The average Bonchev–Trinajstić information content (AvgIpc) is 2.75. The van der Waals surface area contributed by atoms with Gasteiger partial charge in [-0.1, -0.05) is 35.9 Å². The number of aliphatic hydroxyl groups excluding tert-OH is 1. The molecule has 2 atom stereocenters. The minimum Gasteiger partial charge on any atom is -0.390 e. The lowest BCUT2D eigenvalue weighted by molar-refractivity contribution is 0.0858. The molecule has 0 spiro atoms. The van der Waals surface area contributed by atoms with E-state index in [-0.39, 0.29) is 17.1 Å². The first kappa shape index (κ1) is 13.1. The number of hydrogen-bond acceptors (Lipinski definition) is 3. The van der Waals surface area contributed by atoms with Gasteiger partial charge in [-0.05, 0) is 23.3 Å². The van der Waals surface area contributed by atoms with Crippen LogP contribution in [0.25, 0.3) is 0 Å². The molecule has 3 rings (SSSR count). The highest BCUT2D eigenvalue weighted by molar-refractivity contribution is 6.29. The molecule has 1 aromatic heterocycles. The molecule has 1 aliphatic carbocycles. The van der Waals surface area contributed by atoms with Crippen molar-refractivity contribution in [2.45, 2.75) is 18.6 Å². The minimum atomic E-state index is -0.603. The first-order valence-electron chi connectivity index (χ1n) is 6.33. The maximum absolute atomic E-state index is 12.2. The Morgan fingerprint density at radius 3 is 2.95 bits per heavy atom. The van der Waals surface area contributed by atoms with Crippen molar-refractivity contribution in [3.63, 3.8) is 0 Å². The number of nitrogens with one attached hydrogen (secondary N) is 1. The summed E-state index contributed by atoms with van der Waals surface area (Å²) < 4.78 is 0. The standard InChI is InChI=1S/C15H13ClN2O2/c16-13-8-10(5-6-17-13)15(20)18-14-11-4-2-1-3-9(11)7-12(14)19/h1-6,8,12,14,19H,7H2,(H,18,20)/t12-,14+/m0/s1. The monoisotopic (exact) mass is 288 g/mol. The van der Waals surface area contributed by atoms with Crippen molar-refractivity contribution in [2.75, 3.05) is 0 Å². The van der Waals surface area contributed by atoms with Crippen molar-refractivity contribution in [1.29, 1.82) is 0 Å². The van der Waals surface area contributed by atoms with Crippen molar-refractivity contribution in [3.05, 3.63) is 64.4 Å². The Morgan fingerprint density at radius 1 is 1.35 bits per heavy atom. The van der Waals surface area contributed by atoms with E-state index in [1.165, 1.54) is 12.3 Å². The Labute approximate surface area is 121 Å². The van der Waals surface area contributed by atoms with E-state index < -0.39 is 6.10 Å². The van der Waals surface area contributed by atoms with E-state index in [0.717, 1.165) is 11.1 Å². The highest BCUT2D eigenvalue weighted by Gasteiger charge is 2.32. The summed E-state index contributed by atoms with van der Waals surface area (Å²) in [5.74, 6) is -0.268. The maximum Gasteiger partial charge on any atom is 0.252 e. The fraction of sp³-hybridized carbons (Fsp3) is 0.200. The van der Waals surface area contributed by atoms with E-state index in [0.29, 0.717) is 12.0 Å². The fourth-order valence-corrected chi connectivity index (χ4v) is 2.69. The zero-order chi connectivity index (χ0) is 14.1. The Balaban J connectivity index is 1.83. The number of amides is 1. The highest BCUT2D eigenvalue weighted by Crippen LogP contribution is 2.31. The second kappa shape index (κ2) is 5.23. The van der Waals surface area contributed by atoms with Crippen LogP contribution in [0.1, 0.15) is 27.5 Å². The number of halogens is 1. The Kier molecular flexibility index (Phi) is 3.42. The normalized spacial score (nSPS) is 20.5. The van der Waals surface area contributed by atoms with Crippen LogP contribution in [0.5, 0.6) is 0 Å². The van der Waals surface area contributed by atoms with E-state index in [9.17, 15) is 9.90 Å². The molecule has 0 saturated heterocycles. The molecule has 2 aromatic rings. The molecule has 5 heteroatoms. The van der Waals surface area contributed by atoms with Gasteiger partial charge in [0.25, 0.3) is 5.91 Å². The third-order valence-corrected chi connectivity index (χ3v) is 3.69. The van der Waals surface area contributed by atoms with Crippen LogP contribution in [0.4, 0.5) is 0 Å². The summed E-state index contributed by atoms with van der Waals surface area (Å²) in [5.41, 5.74) is 2.47. The highest BCUT2D eigenvalue weighted by atomic mass is 35.5. The van der Waals surface area contributed by atoms with Gasteiger partial charge >= 0.3 is 0 Å². The average molecular weight is 289 g/mol. The van der Waals surface area contributed by atoms with Crippen molar-refractivity contribution < 1.29 is 9.90 Å². The molecule has 0 radical (unpaired) electrons. The smallest absolute Gasteiger partial charge is 0.252 e. The van der Waals surface area contributed by atoms with Gasteiger partial charge in [0.1, 0.15) is 5.15 Å². The van der Waals surface area contributed by atoms with E-state index in [2.05, 4.69) is 10.3 Å². The van der Waals surface area contributed by atoms with Crippen LogP contribution in [0.15, 0.2) is 42.6 Å². The predicted molar refractivity (Wildman–Crippen MR) is 75.6 cm³/mol. The third kappa shape index (κ3) is 2.40. The Morgan fingerprint density at radius 2 is 2.15 bits per heavy atom. The van der Waals surface area contributed by atoms with Gasteiger partial charge in [-0.25, -0.2) is 4.98 Å². The fourth-order valence-electron chi connectivity index (χ4n) is 2.52. The zero-order valence-corrected chi connectivity index (χ0v) is 11.3. The first-order valence-corrected chi connectivity index (χ1v) is 6.71. The van der Waals surface area contributed by atoms with E-state index in [1.54, 1.807) is 6.07 Å². The predicted octanol–water partition coefficient (Wildman–Crippen LogP) is 2.12. The molecular formula is C15H13ClN2O2. The molecule has 0 bridgehead atoms. The zero-order valence-electron chi connectivity index (χ0n) is 10.6. The molecule has 1 aromatic carbocycles. The van der Waals surface area contributed by atoms with Crippen LogP contribution in [-0.4, -0.2) is 22.1 Å². The summed E-state index contributed by atoms with van der Waals surface area (Å²) in [6.07, 6.45) is 1.43. The summed E-state index contributed by atoms with van der Waals surface area (Å²) in [6.45, 7) is 0. The van der Waals surface area contributed by atoms with Crippen LogP contribution in [0.3, 0.4) is 0 Å². The molecular weight excluding hydrogens is 276 g/mol. The number of benzene rings is 1. The molecule has 0 saturated carbocycles. The molecule has 102 valence electrons. The number of carbonyl (C=O) groups excluding carboxylic acids is 1.